The molecule has 3 heterocycles. The van der Waals surface area contributed by atoms with Gasteiger partial charge >= 0.3 is 5.97 Å². The van der Waals surface area contributed by atoms with E-state index in [2.05, 4.69) is 5.32 Å². The third kappa shape index (κ3) is 4.48. The van der Waals surface area contributed by atoms with Crippen molar-refractivity contribution in [3.63, 3.8) is 0 Å². The van der Waals surface area contributed by atoms with Crippen molar-refractivity contribution in [1.29, 1.82) is 0 Å². The first-order valence-electron chi connectivity index (χ1n) is 11.2. The van der Waals surface area contributed by atoms with Crippen molar-refractivity contribution in [3.05, 3.63) is 68.4 Å². The van der Waals surface area contributed by atoms with Crippen molar-refractivity contribution in [2.24, 2.45) is 0 Å². The molecule has 1 aromatic carbocycles. The summed E-state index contributed by atoms with van der Waals surface area (Å²) in [5, 5.41) is 4.36. The van der Waals surface area contributed by atoms with Crippen LogP contribution in [0.3, 0.4) is 0 Å². The van der Waals surface area contributed by atoms with Crippen LogP contribution < -0.4 is 5.32 Å². The molecular weight excluding hydrogens is 488 g/mol. The summed E-state index contributed by atoms with van der Waals surface area (Å²) in [6.07, 6.45) is 6.20. The number of methoxy groups -OCH3 is 1. The molecule has 0 saturated carbocycles. The van der Waals surface area contributed by atoms with Crippen LogP contribution >= 0.6 is 34.3 Å². The van der Waals surface area contributed by atoms with Gasteiger partial charge in [0.15, 0.2) is 0 Å². The van der Waals surface area contributed by atoms with E-state index in [9.17, 15) is 9.59 Å². The van der Waals surface area contributed by atoms with E-state index in [0.717, 1.165) is 53.4 Å². The van der Waals surface area contributed by atoms with E-state index >= 15 is 0 Å². The first-order valence-corrected chi connectivity index (χ1v) is 13.3. The van der Waals surface area contributed by atoms with Gasteiger partial charge in [-0.15, -0.1) is 22.7 Å². The molecule has 0 fully saturated rings. The van der Waals surface area contributed by atoms with Gasteiger partial charge in [-0.05, 0) is 55.5 Å². The number of anilines is 1. The molecule has 3 aromatic heterocycles. The fraction of sp³-hybridized carbons (Fsp3) is 0.269. The van der Waals surface area contributed by atoms with Crippen molar-refractivity contribution in [1.82, 2.24) is 4.98 Å². The third-order valence-electron chi connectivity index (χ3n) is 6.07. The molecule has 0 unspecified atom stereocenters. The number of pyridine rings is 1. The number of benzene rings is 1. The summed E-state index contributed by atoms with van der Waals surface area (Å²) in [7, 11) is 1.38. The van der Waals surface area contributed by atoms with Gasteiger partial charge < -0.3 is 10.1 Å². The van der Waals surface area contributed by atoms with E-state index in [-0.39, 0.29) is 5.91 Å². The Kier molecular flexibility index (Phi) is 6.68. The van der Waals surface area contributed by atoms with Gasteiger partial charge in [-0.2, -0.15) is 0 Å². The lowest BCUT2D eigenvalue weighted by Crippen LogP contribution is -2.15. The minimum atomic E-state index is -0.401. The van der Waals surface area contributed by atoms with Crippen LogP contribution in [-0.2, 0) is 17.6 Å². The Hall–Kier alpha value is -2.74. The molecule has 174 valence electrons. The molecule has 5 rings (SSSR count). The van der Waals surface area contributed by atoms with Crippen molar-refractivity contribution in [3.8, 4) is 10.6 Å². The minimum absolute atomic E-state index is 0.276. The highest BCUT2D eigenvalue weighted by Gasteiger charge is 2.26. The largest absolute Gasteiger partial charge is 0.465 e. The maximum absolute atomic E-state index is 13.6. The Labute approximate surface area is 210 Å². The van der Waals surface area contributed by atoms with Crippen LogP contribution in [0.5, 0.6) is 0 Å². The highest BCUT2D eigenvalue weighted by Crippen LogP contribution is 2.38. The minimum Gasteiger partial charge on any atom is -0.465 e. The lowest BCUT2D eigenvalue weighted by atomic mass is 9.96. The zero-order valence-electron chi connectivity index (χ0n) is 18.7. The summed E-state index contributed by atoms with van der Waals surface area (Å²) >= 11 is 9.06. The molecule has 0 atom stereocenters. The zero-order chi connectivity index (χ0) is 23.7. The van der Waals surface area contributed by atoms with Crippen molar-refractivity contribution < 1.29 is 14.3 Å². The number of halogens is 1. The molecule has 0 aliphatic heterocycles. The highest BCUT2D eigenvalue weighted by molar-refractivity contribution is 7.19. The number of nitrogens with zero attached hydrogens (tertiary/aromatic N) is 1. The number of amides is 1. The molecular formula is C26H23ClN2O3S2. The van der Waals surface area contributed by atoms with Crippen molar-refractivity contribution in [2.75, 3.05) is 12.4 Å². The normalized spacial score (nSPS) is 13.7. The van der Waals surface area contributed by atoms with Crippen LogP contribution in [0.25, 0.3) is 21.5 Å². The molecule has 1 aliphatic rings. The van der Waals surface area contributed by atoms with Gasteiger partial charge in [-0.3, -0.25) is 4.79 Å². The Morgan fingerprint density at radius 3 is 2.59 bits per heavy atom. The van der Waals surface area contributed by atoms with Gasteiger partial charge in [-0.1, -0.05) is 42.6 Å². The number of para-hydroxylation sites is 1. The summed E-state index contributed by atoms with van der Waals surface area (Å²) in [5.41, 5.74) is 3.44. The van der Waals surface area contributed by atoms with Gasteiger partial charge in [0, 0.05) is 10.3 Å². The molecule has 1 amide bonds. The summed E-state index contributed by atoms with van der Waals surface area (Å²) < 4.78 is 5.77. The summed E-state index contributed by atoms with van der Waals surface area (Å²) in [4.78, 5) is 33.2. The molecule has 1 N–H and O–H groups in total. The average molecular weight is 511 g/mol. The molecule has 1 aliphatic carbocycles. The first-order chi connectivity index (χ1) is 16.5. The molecule has 0 saturated heterocycles. The second kappa shape index (κ2) is 9.86. The van der Waals surface area contributed by atoms with Crippen LogP contribution in [0.15, 0.2) is 42.5 Å². The monoisotopic (exact) mass is 510 g/mol. The SMILES string of the molecule is COC(=O)c1c(NC(=O)c2cc(-c3ccc(Cl)s3)nc3ccccc23)sc2c1CCCCCC2. The van der Waals surface area contributed by atoms with Gasteiger partial charge in [-0.25, -0.2) is 9.78 Å². The van der Waals surface area contributed by atoms with E-state index in [1.165, 1.54) is 41.1 Å². The number of esters is 1. The maximum Gasteiger partial charge on any atom is 0.341 e. The third-order valence-corrected chi connectivity index (χ3v) is 8.54. The fourth-order valence-corrected chi connectivity index (χ4v) is 6.71. The topological polar surface area (TPSA) is 68.3 Å². The molecule has 0 bridgehead atoms. The van der Waals surface area contributed by atoms with Crippen molar-refractivity contribution >= 4 is 62.1 Å². The van der Waals surface area contributed by atoms with E-state index in [1.807, 2.05) is 36.4 Å². The Morgan fingerprint density at radius 1 is 1.03 bits per heavy atom. The molecule has 0 spiro atoms. The van der Waals surface area contributed by atoms with Crippen LogP contribution in [0.4, 0.5) is 5.00 Å². The van der Waals surface area contributed by atoms with E-state index in [0.29, 0.717) is 26.2 Å². The predicted octanol–water partition coefficient (Wildman–Crippen LogP) is 7.38. The number of carbonyl (C=O) groups excluding carboxylic acids is 2. The summed E-state index contributed by atoms with van der Waals surface area (Å²) in [5.74, 6) is -0.677. The number of hydrogen-bond donors (Lipinski definition) is 1. The number of nitrogens with one attached hydrogen (secondary N) is 1. The van der Waals surface area contributed by atoms with E-state index in [1.54, 1.807) is 6.07 Å². The number of carbonyl (C=O) groups is 2. The van der Waals surface area contributed by atoms with E-state index in [4.69, 9.17) is 21.3 Å². The number of hydrogen-bond acceptors (Lipinski definition) is 6. The lowest BCUT2D eigenvalue weighted by Gasteiger charge is -2.11. The Morgan fingerprint density at radius 2 is 1.82 bits per heavy atom. The smallest absolute Gasteiger partial charge is 0.341 e. The second-order valence-electron chi connectivity index (χ2n) is 8.24. The predicted molar refractivity (Wildman–Crippen MR) is 140 cm³/mol. The molecule has 4 aromatic rings. The zero-order valence-corrected chi connectivity index (χ0v) is 21.0. The molecule has 5 nitrogen and oxygen atoms in total. The van der Waals surface area contributed by atoms with Crippen LogP contribution in [0.1, 0.15) is 56.8 Å². The van der Waals surface area contributed by atoms with Gasteiger partial charge in [0.05, 0.1) is 38.7 Å². The van der Waals surface area contributed by atoms with Crippen LogP contribution in [0.2, 0.25) is 4.34 Å². The van der Waals surface area contributed by atoms with Crippen molar-refractivity contribution in [2.45, 2.75) is 38.5 Å². The average Bonchev–Trinajstić information content (AvgIpc) is 3.41. The number of thiophene rings is 2. The second-order valence-corrected chi connectivity index (χ2v) is 11.1. The van der Waals surface area contributed by atoms with Gasteiger partial charge in [0.25, 0.3) is 5.91 Å². The van der Waals surface area contributed by atoms with E-state index < -0.39 is 5.97 Å². The number of rotatable bonds is 4. The fourth-order valence-electron chi connectivity index (χ4n) is 4.44. The molecule has 34 heavy (non-hydrogen) atoms. The van der Waals surface area contributed by atoms with Crippen LogP contribution in [0, 0.1) is 0 Å². The maximum atomic E-state index is 13.6. The lowest BCUT2D eigenvalue weighted by molar-refractivity contribution is 0.0601. The first kappa shape index (κ1) is 23.0. The van der Waals surface area contributed by atoms with Gasteiger partial charge in [0.2, 0.25) is 0 Å². The van der Waals surface area contributed by atoms with Crippen LogP contribution in [-0.4, -0.2) is 24.0 Å². The number of aromatic nitrogens is 1. The number of ether oxygens (including phenoxy) is 1. The number of fused-ring (bicyclic) bond motifs is 2. The highest BCUT2D eigenvalue weighted by atomic mass is 35.5. The summed E-state index contributed by atoms with van der Waals surface area (Å²) in [6, 6.07) is 13.1. The molecule has 8 heteroatoms. The quantitative estimate of drug-likeness (QED) is 0.291. The van der Waals surface area contributed by atoms with Gasteiger partial charge in [0.1, 0.15) is 5.00 Å². The Bertz CT molecular complexity index is 1390. The summed E-state index contributed by atoms with van der Waals surface area (Å²) in [6.45, 7) is 0. The Balaban J connectivity index is 1.58. The molecule has 0 radical (unpaired) electrons. The standard InChI is InChI=1S/C26H23ClN2O3S2/c1-32-26(31)23-16-9-4-2-3-5-11-20(16)34-25(23)29-24(30)17-14-19(21-12-13-22(27)33-21)28-18-10-7-6-8-15(17)18/h6-8,10,12-14H,2-5,9,11H2,1H3,(H,29,30). The number of aryl methyl sites for hydroxylation is 1.